The molecule has 1 aromatic heterocycles. The number of aryl methyl sites for hydroxylation is 1. The molecule has 0 aliphatic carbocycles. The molecular formula is C19H24N2O3. The molecule has 1 amide bonds. The predicted molar refractivity (Wildman–Crippen MR) is 92.4 cm³/mol. The molecule has 2 aromatic rings. The smallest absolute Gasteiger partial charge is 0.355 e. The van der Waals surface area contributed by atoms with Crippen LogP contribution in [0.5, 0.6) is 0 Å². The molecular weight excluding hydrogens is 304 g/mol. The highest BCUT2D eigenvalue weighted by molar-refractivity contribution is 5.90. The maximum absolute atomic E-state index is 12.6. The Morgan fingerprint density at radius 2 is 1.75 bits per heavy atom. The maximum atomic E-state index is 12.6. The Bertz CT molecular complexity index is 699. The third kappa shape index (κ3) is 4.47. The van der Waals surface area contributed by atoms with Gasteiger partial charge in [0.2, 0.25) is 0 Å². The Labute approximate surface area is 142 Å². The van der Waals surface area contributed by atoms with Gasteiger partial charge in [-0.25, -0.2) is 4.79 Å². The molecule has 0 spiro atoms. The van der Waals surface area contributed by atoms with Gasteiger partial charge in [-0.05, 0) is 38.5 Å². The number of hydrogen-bond donors (Lipinski definition) is 0. The van der Waals surface area contributed by atoms with Crippen LogP contribution in [0.4, 0.5) is 0 Å². The van der Waals surface area contributed by atoms with Gasteiger partial charge in [0.25, 0.3) is 5.91 Å². The zero-order valence-electron chi connectivity index (χ0n) is 14.7. The van der Waals surface area contributed by atoms with Crippen LogP contribution in [0.15, 0.2) is 48.7 Å². The molecule has 0 saturated carbocycles. The summed E-state index contributed by atoms with van der Waals surface area (Å²) in [6.45, 7) is 6.10. The molecule has 0 atom stereocenters. The van der Waals surface area contributed by atoms with Gasteiger partial charge in [0.05, 0.1) is 0 Å². The molecule has 0 radical (unpaired) electrons. The van der Waals surface area contributed by atoms with Gasteiger partial charge < -0.3 is 14.2 Å². The molecule has 5 nitrogen and oxygen atoms in total. The second kappa shape index (κ2) is 7.34. The van der Waals surface area contributed by atoms with E-state index >= 15 is 0 Å². The van der Waals surface area contributed by atoms with Crippen molar-refractivity contribution in [2.45, 2.75) is 32.9 Å². The summed E-state index contributed by atoms with van der Waals surface area (Å²) in [4.78, 5) is 26.4. The number of carbonyl (C=O) groups excluding carboxylic acids is 2. The summed E-state index contributed by atoms with van der Waals surface area (Å²) in [5.74, 6) is -0.710. The summed E-state index contributed by atoms with van der Waals surface area (Å²) in [5.41, 5.74) is 1.09. The fourth-order valence-electron chi connectivity index (χ4n) is 2.42. The number of amides is 1. The van der Waals surface area contributed by atoms with Crippen LogP contribution in [0.2, 0.25) is 0 Å². The molecule has 0 bridgehead atoms. The van der Waals surface area contributed by atoms with E-state index in [9.17, 15) is 9.59 Å². The topological polar surface area (TPSA) is 51.5 Å². The van der Waals surface area contributed by atoms with Crippen LogP contribution in [0.3, 0.4) is 0 Å². The molecule has 1 aromatic carbocycles. The van der Waals surface area contributed by atoms with Crippen LogP contribution in [0, 0.1) is 0 Å². The van der Waals surface area contributed by atoms with Crippen LogP contribution in [0.25, 0.3) is 0 Å². The second-order valence-electron chi connectivity index (χ2n) is 6.72. The summed E-state index contributed by atoms with van der Waals surface area (Å²) in [7, 11) is 1.76. The minimum atomic E-state index is -0.496. The highest BCUT2D eigenvalue weighted by Gasteiger charge is 2.27. The lowest BCUT2D eigenvalue weighted by atomic mass is 10.0. The van der Waals surface area contributed by atoms with Crippen molar-refractivity contribution in [1.29, 1.82) is 0 Å². The zero-order chi connectivity index (χ0) is 17.7. The van der Waals surface area contributed by atoms with Crippen LogP contribution >= 0.6 is 0 Å². The van der Waals surface area contributed by atoms with E-state index < -0.39 is 5.97 Å². The second-order valence-corrected chi connectivity index (χ2v) is 6.72. The Morgan fingerprint density at radius 1 is 1.08 bits per heavy atom. The molecule has 0 aliphatic rings. The molecule has 0 fully saturated rings. The monoisotopic (exact) mass is 328 g/mol. The van der Waals surface area contributed by atoms with Gasteiger partial charge in [0, 0.05) is 25.3 Å². The van der Waals surface area contributed by atoms with Gasteiger partial charge >= 0.3 is 5.97 Å². The molecule has 0 saturated heterocycles. The van der Waals surface area contributed by atoms with Gasteiger partial charge in [-0.1, -0.05) is 30.3 Å². The predicted octanol–water partition coefficient (Wildman–Crippen LogP) is 3.01. The van der Waals surface area contributed by atoms with E-state index in [1.165, 1.54) is 0 Å². The van der Waals surface area contributed by atoms with E-state index in [-0.39, 0.29) is 18.1 Å². The van der Waals surface area contributed by atoms with Gasteiger partial charge in [-0.3, -0.25) is 4.79 Å². The standard InChI is InChI=1S/C19H24N2O3/c1-19(2,3)21(13-15-9-6-5-7-10-15)17(22)14-24-18(23)16-11-8-12-20(16)4/h5-12H,13-14H2,1-4H3. The minimum Gasteiger partial charge on any atom is -0.451 e. The molecule has 1 heterocycles. The molecule has 0 N–H and O–H groups in total. The lowest BCUT2D eigenvalue weighted by Crippen LogP contribution is -2.46. The lowest BCUT2D eigenvalue weighted by molar-refractivity contribution is -0.140. The molecule has 24 heavy (non-hydrogen) atoms. The average Bonchev–Trinajstić information content (AvgIpc) is 2.96. The molecule has 0 unspecified atom stereocenters. The van der Waals surface area contributed by atoms with Gasteiger partial charge in [-0.15, -0.1) is 0 Å². The van der Waals surface area contributed by atoms with Crippen molar-refractivity contribution in [3.05, 3.63) is 59.9 Å². The minimum absolute atomic E-state index is 0.214. The SMILES string of the molecule is Cn1cccc1C(=O)OCC(=O)N(Cc1ccccc1)C(C)(C)C. The van der Waals surface area contributed by atoms with Crippen molar-refractivity contribution < 1.29 is 14.3 Å². The van der Waals surface area contributed by atoms with E-state index in [4.69, 9.17) is 4.74 Å². The van der Waals surface area contributed by atoms with Gasteiger partial charge in [-0.2, -0.15) is 0 Å². The Balaban J connectivity index is 2.03. The molecule has 0 aliphatic heterocycles. The van der Waals surface area contributed by atoms with Crippen molar-refractivity contribution in [1.82, 2.24) is 9.47 Å². The first-order chi connectivity index (χ1) is 11.3. The number of nitrogens with zero attached hydrogens (tertiary/aromatic N) is 2. The van der Waals surface area contributed by atoms with Crippen molar-refractivity contribution >= 4 is 11.9 Å². The van der Waals surface area contributed by atoms with E-state index in [0.717, 1.165) is 5.56 Å². The number of carbonyl (C=O) groups is 2. The summed E-state index contributed by atoms with van der Waals surface area (Å²) in [5, 5.41) is 0. The van der Waals surface area contributed by atoms with Gasteiger partial charge in [0.1, 0.15) is 5.69 Å². The van der Waals surface area contributed by atoms with Crippen LogP contribution in [-0.2, 0) is 23.1 Å². The Kier molecular flexibility index (Phi) is 5.44. The number of esters is 1. The number of rotatable bonds is 5. The number of aromatic nitrogens is 1. The summed E-state index contributed by atoms with van der Waals surface area (Å²) in [6, 6.07) is 13.2. The third-order valence-corrected chi connectivity index (χ3v) is 3.77. The fraction of sp³-hybridized carbons (Fsp3) is 0.368. The third-order valence-electron chi connectivity index (χ3n) is 3.77. The van der Waals surface area contributed by atoms with Crippen molar-refractivity contribution in [3.8, 4) is 0 Å². The van der Waals surface area contributed by atoms with Crippen LogP contribution in [0.1, 0.15) is 36.8 Å². The Hall–Kier alpha value is -2.56. The van der Waals surface area contributed by atoms with E-state index in [2.05, 4.69) is 0 Å². The number of ether oxygens (including phenoxy) is 1. The molecule has 5 heteroatoms. The average molecular weight is 328 g/mol. The lowest BCUT2D eigenvalue weighted by Gasteiger charge is -2.35. The van der Waals surface area contributed by atoms with Crippen LogP contribution < -0.4 is 0 Å². The summed E-state index contributed by atoms with van der Waals surface area (Å²) in [6.07, 6.45) is 1.76. The highest BCUT2D eigenvalue weighted by atomic mass is 16.5. The first-order valence-corrected chi connectivity index (χ1v) is 7.92. The van der Waals surface area contributed by atoms with Crippen molar-refractivity contribution in [2.24, 2.45) is 7.05 Å². The summed E-state index contributed by atoms with van der Waals surface area (Å²) >= 11 is 0. The largest absolute Gasteiger partial charge is 0.451 e. The van der Waals surface area contributed by atoms with E-state index in [0.29, 0.717) is 12.2 Å². The summed E-state index contributed by atoms with van der Waals surface area (Å²) < 4.78 is 6.86. The first kappa shape index (κ1) is 17.8. The van der Waals surface area contributed by atoms with Crippen molar-refractivity contribution in [3.63, 3.8) is 0 Å². The molecule has 128 valence electrons. The van der Waals surface area contributed by atoms with Gasteiger partial charge in [0.15, 0.2) is 6.61 Å². The number of benzene rings is 1. The zero-order valence-corrected chi connectivity index (χ0v) is 14.7. The molecule has 2 rings (SSSR count). The van der Waals surface area contributed by atoms with Crippen LogP contribution in [-0.4, -0.2) is 33.5 Å². The quantitative estimate of drug-likeness (QED) is 0.793. The fourth-order valence-corrected chi connectivity index (χ4v) is 2.42. The number of hydrogen-bond acceptors (Lipinski definition) is 3. The van der Waals surface area contributed by atoms with Crippen molar-refractivity contribution in [2.75, 3.05) is 6.61 Å². The Morgan fingerprint density at radius 3 is 2.29 bits per heavy atom. The maximum Gasteiger partial charge on any atom is 0.355 e. The van der Waals surface area contributed by atoms with E-state index in [1.54, 1.807) is 34.8 Å². The normalized spacial score (nSPS) is 11.2. The first-order valence-electron chi connectivity index (χ1n) is 7.92. The highest BCUT2D eigenvalue weighted by Crippen LogP contribution is 2.18. The van der Waals surface area contributed by atoms with E-state index in [1.807, 2.05) is 51.1 Å².